The van der Waals surface area contributed by atoms with Crippen LogP contribution in [0.3, 0.4) is 0 Å². The van der Waals surface area contributed by atoms with Gasteiger partial charge in [0.25, 0.3) is 0 Å². The topological polar surface area (TPSA) is 84.6 Å². The second-order valence-electron chi connectivity index (χ2n) is 11.0. The van der Waals surface area contributed by atoms with E-state index in [9.17, 15) is 18.0 Å². The smallest absolute Gasteiger partial charge is 0.406 e. The summed E-state index contributed by atoms with van der Waals surface area (Å²) in [6.07, 6.45) is -0.706. The number of hydrogen-bond acceptors (Lipinski definition) is 5. The number of aliphatic imine (C=N–C) groups is 1. The minimum Gasteiger partial charge on any atom is -0.406 e. The van der Waals surface area contributed by atoms with Gasteiger partial charge in [-0.2, -0.15) is 4.99 Å². The fourth-order valence-corrected chi connectivity index (χ4v) is 6.83. The van der Waals surface area contributed by atoms with Gasteiger partial charge in [0.1, 0.15) is 12.1 Å². The minimum atomic E-state index is -4.75. The number of anilines is 1. The number of carbonyl (C=O) groups is 1. The lowest BCUT2D eigenvalue weighted by Crippen LogP contribution is -2.28. The highest BCUT2D eigenvalue weighted by Gasteiger charge is 2.31. The van der Waals surface area contributed by atoms with Gasteiger partial charge in [0.2, 0.25) is 0 Å². The van der Waals surface area contributed by atoms with E-state index in [1.165, 1.54) is 52.0 Å². The molecule has 4 aromatic rings. The summed E-state index contributed by atoms with van der Waals surface area (Å²) < 4.78 is 42.8. The number of hydrogen-bond donors (Lipinski definition) is 1. The molecule has 3 aromatic carbocycles. The number of alkyl halides is 3. The zero-order chi connectivity index (χ0) is 31.7. The van der Waals surface area contributed by atoms with E-state index in [1.807, 2.05) is 24.3 Å². The Kier molecular flexibility index (Phi) is 8.41. The van der Waals surface area contributed by atoms with E-state index in [0.717, 1.165) is 59.6 Å². The van der Waals surface area contributed by atoms with Crippen LogP contribution in [0.4, 0.5) is 23.7 Å². The number of thioether (sulfide) groups is 1. The molecule has 1 aliphatic carbocycles. The zero-order valence-corrected chi connectivity index (χ0v) is 25.8. The van der Waals surface area contributed by atoms with Crippen LogP contribution in [-0.4, -0.2) is 44.6 Å². The number of nitrogens with one attached hydrogen (secondary N) is 1. The molecule has 2 heterocycles. The van der Waals surface area contributed by atoms with Gasteiger partial charge in [0, 0.05) is 29.2 Å². The first kappa shape index (κ1) is 30.4. The van der Waals surface area contributed by atoms with E-state index in [4.69, 9.17) is 0 Å². The first-order valence-electron chi connectivity index (χ1n) is 14.5. The van der Waals surface area contributed by atoms with Crippen LogP contribution in [0.5, 0.6) is 5.75 Å². The molecule has 0 unspecified atom stereocenters. The van der Waals surface area contributed by atoms with Crippen LogP contribution >= 0.6 is 11.8 Å². The SMILES string of the molecule is Cc1cc(C)c(N2CCSC2=NC(=O)NC2=C(c3ccc(-c4ncn(-c5ccc(OC(F)(F)F)cc5)n4)cc3)CCC2)c(C)c1. The molecule has 0 saturated carbocycles. The maximum absolute atomic E-state index is 13.1. The fourth-order valence-electron chi connectivity index (χ4n) is 5.88. The van der Waals surface area contributed by atoms with Crippen molar-refractivity contribution in [2.24, 2.45) is 4.99 Å². The van der Waals surface area contributed by atoms with E-state index in [0.29, 0.717) is 16.7 Å². The van der Waals surface area contributed by atoms with Gasteiger partial charge in [0.15, 0.2) is 11.0 Å². The molecule has 0 spiro atoms. The van der Waals surface area contributed by atoms with Crippen LogP contribution in [0.25, 0.3) is 22.6 Å². The molecule has 2 aliphatic rings. The fraction of sp³-hybridized carbons (Fsp3) is 0.273. The second kappa shape index (κ2) is 12.4. The Labute approximate surface area is 263 Å². The number of aromatic nitrogens is 3. The standard InChI is InChI=1S/C33H31F3N6O2S/c1-20-17-21(2)29(22(3)18-20)41-15-16-45-32(41)39-31(43)38-28-6-4-5-27(28)23-7-9-24(10-8-23)30-37-19-42(40-30)25-11-13-26(14-12-25)44-33(34,35)36/h7-14,17-19H,4-6,15-16H2,1-3H3,(H,38,43). The Morgan fingerprint density at radius 3 is 2.36 bits per heavy atom. The van der Waals surface area contributed by atoms with E-state index >= 15 is 0 Å². The van der Waals surface area contributed by atoms with Gasteiger partial charge in [0.05, 0.1) is 5.69 Å². The largest absolute Gasteiger partial charge is 0.573 e. The molecule has 6 rings (SSSR count). The van der Waals surface area contributed by atoms with Crippen LogP contribution < -0.4 is 15.0 Å². The predicted molar refractivity (Wildman–Crippen MR) is 171 cm³/mol. The number of urea groups is 1. The Bertz CT molecular complexity index is 1770. The van der Waals surface area contributed by atoms with Crippen molar-refractivity contribution in [1.29, 1.82) is 0 Å². The van der Waals surface area contributed by atoms with Crippen molar-refractivity contribution in [3.8, 4) is 22.8 Å². The zero-order valence-electron chi connectivity index (χ0n) is 25.0. The molecule has 0 bridgehead atoms. The number of allylic oxidation sites excluding steroid dienone is 2. The normalized spacial score (nSPS) is 16.1. The molecule has 8 nitrogen and oxygen atoms in total. The van der Waals surface area contributed by atoms with Crippen molar-refractivity contribution in [3.05, 3.63) is 94.9 Å². The van der Waals surface area contributed by atoms with Gasteiger partial charge in [-0.3, -0.25) is 0 Å². The molecular formula is C33H31F3N6O2S. The van der Waals surface area contributed by atoms with Crippen molar-refractivity contribution < 1.29 is 22.7 Å². The average molecular weight is 633 g/mol. The third-order valence-electron chi connectivity index (χ3n) is 7.67. The number of amides is 2. The summed E-state index contributed by atoms with van der Waals surface area (Å²) in [4.78, 5) is 24.1. The number of ether oxygens (including phenoxy) is 1. The Morgan fingerprint density at radius 2 is 1.67 bits per heavy atom. The first-order chi connectivity index (χ1) is 21.5. The molecule has 1 fully saturated rings. The second-order valence-corrected chi connectivity index (χ2v) is 12.1. The lowest BCUT2D eigenvalue weighted by atomic mass is 10.0. The van der Waals surface area contributed by atoms with Crippen LogP contribution in [0, 0.1) is 20.8 Å². The molecule has 232 valence electrons. The number of nitrogens with zero attached hydrogens (tertiary/aromatic N) is 5. The molecular weight excluding hydrogens is 601 g/mol. The molecule has 12 heteroatoms. The maximum atomic E-state index is 13.1. The summed E-state index contributed by atoms with van der Waals surface area (Å²) in [6, 6.07) is 17.1. The van der Waals surface area contributed by atoms with Crippen LogP contribution in [-0.2, 0) is 0 Å². The predicted octanol–water partition coefficient (Wildman–Crippen LogP) is 7.97. The minimum absolute atomic E-state index is 0.307. The van der Waals surface area contributed by atoms with Crippen LogP contribution in [0.1, 0.15) is 41.5 Å². The van der Waals surface area contributed by atoms with Gasteiger partial charge in [-0.1, -0.05) is 53.7 Å². The maximum Gasteiger partial charge on any atom is 0.573 e. The monoisotopic (exact) mass is 632 g/mol. The summed E-state index contributed by atoms with van der Waals surface area (Å²) in [5, 5.41) is 8.26. The van der Waals surface area contributed by atoms with Crippen LogP contribution in [0.2, 0.25) is 0 Å². The quantitative estimate of drug-likeness (QED) is 0.232. The number of aryl methyl sites for hydroxylation is 3. The Morgan fingerprint density at radius 1 is 0.978 bits per heavy atom. The summed E-state index contributed by atoms with van der Waals surface area (Å²) >= 11 is 1.59. The lowest BCUT2D eigenvalue weighted by molar-refractivity contribution is -0.274. The molecule has 1 aliphatic heterocycles. The molecule has 1 aromatic heterocycles. The number of halogens is 3. The van der Waals surface area contributed by atoms with Crippen molar-refractivity contribution >= 4 is 34.2 Å². The van der Waals surface area contributed by atoms with E-state index in [1.54, 1.807) is 11.8 Å². The molecule has 1 saturated heterocycles. The third-order valence-corrected chi connectivity index (χ3v) is 8.63. The van der Waals surface area contributed by atoms with Crippen molar-refractivity contribution in [2.75, 3.05) is 17.2 Å². The number of carbonyl (C=O) groups excluding carboxylic acids is 1. The highest BCUT2D eigenvalue weighted by molar-refractivity contribution is 8.14. The average Bonchev–Trinajstić information content (AvgIpc) is 3.75. The van der Waals surface area contributed by atoms with Gasteiger partial charge >= 0.3 is 12.4 Å². The highest BCUT2D eigenvalue weighted by Crippen LogP contribution is 2.35. The van der Waals surface area contributed by atoms with E-state index < -0.39 is 6.36 Å². The molecule has 2 amide bonds. The highest BCUT2D eigenvalue weighted by atomic mass is 32.2. The van der Waals surface area contributed by atoms with E-state index in [2.05, 4.69) is 62.9 Å². The van der Waals surface area contributed by atoms with Gasteiger partial charge in [-0.25, -0.2) is 14.5 Å². The molecule has 0 atom stereocenters. The van der Waals surface area contributed by atoms with Crippen molar-refractivity contribution in [2.45, 2.75) is 46.4 Å². The number of rotatable bonds is 6. The molecule has 45 heavy (non-hydrogen) atoms. The summed E-state index contributed by atoms with van der Waals surface area (Å²) in [6.45, 7) is 7.08. The summed E-state index contributed by atoms with van der Waals surface area (Å²) in [5.41, 5.74) is 8.96. The Hall–Kier alpha value is -4.58. The lowest BCUT2D eigenvalue weighted by Gasteiger charge is -2.23. The summed E-state index contributed by atoms with van der Waals surface area (Å²) in [5.74, 6) is 1.04. The number of benzene rings is 3. The summed E-state index contributed by atoms with van der Waals surface area (Å²) in [7, 11) is 0. The van der Waals surface area contributed by atoms with Crippen molar-refractivity contribution in [1.82, 2.24) is 20.1 Å². The van der Waals surface area contributed by atoms with Gasteiger partial charge < -0.3 is 15.0 Å². The van der Waals surface area contributed by atoms with Gasteiger partial charge in [-0.15, -0.1) is 18.3 Å². The first-order valence-corrected chi connectivity index (χ1v) is 15.5. The van der Waals surface area contributed by atoms with Crippen molar-refractivity contribution in [3.63, 3.8) is 0 Å². The van der Waals surface area contributed by atoms with Gasteiger partial charge in [-0.05, 0) is 86.6 Å². The Balaban J connectivity index is 1.15. The molecule has 0 radical (unpaired) electrons. The van der Waals surface area contributed by atoms with E-state index in [-0.39, 0.29) is 11.8 Å². The molecule has 1 N–H and O–H groups in total. The van der Waals surface area contributed by atoms with Crippen LogP contribution in [0.15, 0.2) is 77.7 Å². The third kappa shape index (κ3) is 6.90. The number of amidine groups is 1.